The van der Waals surface area contributed by atoms with E-state index in [1.165, 1.54) is 0 Å². The van der Waals surface area contributed by atoms with Gasteiger partial charge in [0.05, 0.1) is 11.6 Å². The summed E-state index contributed by atoms with van der Waals surface area (Å²) in [6, 6.07) is 7.10. The largest absolute Gasteiger partial charge is 2.00 e. The van der Waals surface area contributed by atoms with Gasteiger partial charge < -0.3 is 0 Å². The Hall–Kier alpha value is -1.36. The fourth-order valence-electron chi connectivity index (χ4n) is 0.858. The Bertz CT molecular complexity index is 454. The number of hydrogen-bond donors (Lipinski definition) is 0. The minimum atomic E-state index is -1.45. The summed E-state index contributed by atoms with van der Waals surface area (Å²) < 4.78 is 71.7. The molecule has 19 heavy (non-hydrogen) atoms. The van der Waals surface area contributed by atoms with Crippen LogP contribution in [0.2, 0.25) is 0 Å². The van der Waals surface area contributed by atoms with Crippen molar-refractivity contribution in [3.63, 3.8) is 0 Å². The molecule has 0 aliphatic carbocycles. The third-order valence-corrected chi connectivity index (χ3v) is 1.68. The van der Waals surface area contributed by atoms with Crippen LogP contribution in [-0.2, 0) is 19.5 Å². The van der Waals surface area contributed by atoms with E-state index in [1.54, 1.807) is 0 Å². The first kappa shape index (κ1) is 17.6. The van der Waals surface area contributed by atoms with Crippen molar-refractivity contribution in [1.82, 2.24) is 0 Å². The summed E-state index contributed by atoms with van der Waals surface area (Å²) in [4.78, 5) is 0. The van der Waals surface area contributed by atoms with Crippen molar-refractivity contribution in [2.75, 3.05) is 0 Å². The summed E-state index contributed by atoms with van der Waals surface area (Å²) in [6.45, 7) is 0. The topological polar surface area (TPSA) is 0 Å². The molecule has 0 fully saturated rings. The van der Waals surface area contributed by atoms with Gasteiger partial charge in [0.15, 0.2) is 0 Å². The summed E-state index contributed by atoms with van der Waals surface area (Å²) >= 11 is 0. The van der Waals surface area contributed by atoms with Gasteiger partial charge in [-0.1, -0.05) is 0 Å². The zero-order chi connectivity index (χ0) is 13.7. The SMILES string of the molecule is Fc1c[c-]cc(F)c1F.Fc1c[c-]cc(F)c1F.[Zn+2]. The number of hydrogen-bond acceptors (Lipinski definition) is 0. The molecule has 0 unspecified atom stereocenters. The minimum absolute atomic E-state index is 0. The predicted octanol–water partition coefficient (Wildman–Crippen LogP) is 3.81. The van der Waals surface area contributed by atoms with E-state index < -0.39 is 34.9 Å². The molecule has 0 nitrogen and oxygen atoms in total. The van der Waals surface area contributed by atoms with Crippen molar-refractivity contribution in [3.05, 3.63) is 71.3 Å². The monoisotopic (exact) mass is 326 g/mol. The molecule has 0 heterocycles. The predicted molar refractivity (Wildman–Crippen MR) is 50.3 cm³/mol. The van der Waals surface area contributed by atoms with E-state index in [-0.39, 0.29) is 19.5 Å². The standard InChI is InChI=1S/2C6H2F3.Zn/c2*7-4-2-1-3-5(8)6(4)9;/h2*2-3H;/q2*-1;+2. The van der Waals surface area contributed by atoms with Crippen LogP contribution in [0.25, 0.3) is 0 Å². The quantitative estimate of drug-likeness (QED) is 0.299. The fourth-order valence-corrected chi connectivity index (χ4v) is 0.858. The summed E-state index contributed by atoms with van der Waals surface area (Å²) in [6.07, 6.45) is 0. The van der Waals surface area contributed by atoms with Gasteiger partial charge in [0.25, 0.3) is 0 Å². The van der Waals surface area contributed by atoms with Gasteiger partial charge in [-0.25, -0.2) is 8.78 Å². The van der Waals surface area contributed by atoms with Gasteiger partial charge in [0, 0.05) is 23.3 Å². The molecule has 0 amide bonds. The Morgan fingerprint density at radius 1 is 0.526 bits per heavy atom. The third-order valence-electron chi connectivity index (χ3n) is 1.68. The van der Waals surface area contributed by atoms with Crippen LogP contribution in [-0.4, -0.2) is 0 Å². The van der Waals surface area contributed by atoms with Crippen molar-refractivity contribution >= 4 is 0 Å². The van der Waals surface area contributed by atoms with Gasteiger partial charge in [0.1, 0.15) is 0 Å². The van der Waals surface area contributed by atoms with Crippen LogP contribution >= 0.6 is 0 Å². The van der Waals surface area contributed by atoms with Crippen molar-refractivity contribution in [2.24, 2.45) is 0 Å². The van der Waals surface area contributed by atoms with Gasteiger partial charge in [-0.2, -0.15) is 12.1 Å². The van der Waals surface area contributed by atoms with Crippen LogP contribution in [0.1, 0.15) is 0 Å². The van der Waals surface area contributed by atoms with Crippen molar-refractivity contribution in [1.29, 1.82) is 0 Å². The number of halogens is 6. The second kappa shape index (κ2) is 7.94. The molecule has 0 aromatic heterocycles. The normalized spacial score (nSPS) is 9.16. The average Bonchev–Trinajstić information content (AvgIpc) is 2.34. The van der Waals surface area contributed by atoms with Crippen LogP contribution in [0.3, 0.4) is 0 Å². The van der Waals surface area contributed by atoms with Crippen LogP contribution < -0.4 is 0 Å². The number of rotatable bonds is 0. The molecule has 2 aromatic carbocycles. The van der Waals surface area contributed by atoms with Gasteiger partial charge in [-0.05, 0) is 0 Å². The Morgan fingerprint density at radius 3 is 0.895 bits per heavy atom. The van der Waals surface area contributed by atoms with E-state index >= 15 is 0 Å². The summed E-state index contributed by atoms with van der Waals surface area (Å²) in [7, 11) is 0. The molecule has 0 N–H and O–H groups in total. The van der Waals surface area contributed by atoms with Gasteiger partial charge in [0.2, 0.25) is 0 Å². The first-order valence-corrected chi connectivity index (χ1v) is 4.44. The van der Waals surface area contributed by atoms with E-state index in [9.17, 15) is 26.3 Å². The molecule has 2 rings (SSSR count). The first-order chi connectivity index (χ1) is 8.43. The Labute approximate surface area is 117 Å². The molecule has 0 aliphatic heterocycles. The van der Waals surface area contributed by atoms with E-state index in [0.717, 1.165) is 24.3 Å². The zero-order valence-corrected chi connectivity index (χ0v) is 12.3. The van der Waals surface area contributed by atoms with Crippen LogP contribution in [0, 0.1) is 47.0 Å². The molecule has 2 aromatic rings. The average molecular weight is 328 g/mol. The van der Waals surface area contributed by atoms with E-state index in [4.69, 9.17) is 0 Å². The molecule has 0 radical (unpaired) electrons. The van der Waals surface area contributed by atoms with Gasteiger partial charge >= 0.3 is 19.5 Å². The molecular formula is C12H4F6Zn. The first-order valence-electron chi connectivity index (χ1n) is 4.44. The summed E-state index contributed by atoms with van der Waals surface area (Å²) in [5, 5.41) is 0. The zero-order valence-electron chi connectivity index (χ0n) is 9.28. The van der Waals surface area contributed by atoms with E-state index in [2.05, 4.69) is 12.1 Å². The van der Waals surface area contributed by atoms with Gasteiger partial charge in [-0.15, -0.1) is 24.3 Å². The number of benzene rings is 2. The van der Waals surface area contributed by atoms with Crippen molar-refractivity contribution < 1.29 is 45.8 Å². The molecule has 0 saturated heterocycles. The van der Waals surface area contributed by atoms with Crippen LogP contribution in [0.15, 0.2) is 24.3 Å². The maximum absolute atomic E-state index is 12.0. The summed E-state index contributed by atoms with van der Waals surface area (Å²) in [5.74, 6) is -7.75. The van der Waals surface area contributed by atoms with E-state index in [1.807, 2.05) is 0 Å². The molecule has 96 valence electrons. The Balaban J connectivity index is 0.000000324. The molecule has 7 heteroatoms. The molecule has 0 saturated carbocycles. The van der Waals surface area contributed by atoms with Crippen molar-refractivity contribution in [2.45, 2.75) is 0 Å². The Kier molecular flexibility index (Phi) is 7.38. The smallest absolute Gasteiger partial charge is 0.281 e. The van der Waals surface area contributed by atoms with Crippen LogP contribution in [0.4, 0.5) is 26.3 Å². The van der Waals surface area contributed by atoms with E-state index in [0.29, 0.717) is 0 Å². The van der Waals surface area contributed by atoms with Gasteiger partial charge in [-0.3, -0.25) is 17.6 Å². The minimum Gasteiger partial charge on any atom is -0.281 e. The Morgan fingerprint density at radius 2 is 0.737 bits per heavy atom. The second-order valence-electron chi connectivity index (χ2n) is 2.93. The molecule has 0 bridgehead atoms. The molecular weight excluding hydrogens is 324 g/mol. The second-order valence-corrected chi connectivity index (χ2v) is 2.93. The molecule has 0 atom stereocenters. The third kappa shape index (κ3) is 5.03. The summed E-state index contributed by atoms with van der Waals surface area (Å²) in [5.41, 5.74) is 0. The van der Waals surface area contributed by atoms with Crippen molar-refractivity contribution in [3.8, 4) is 0 Å². The molecule has 0 aliphatic rings. The van der Waals surface area contributed by atoms with Crippen LogP contribution in [0.5, 0.6) is 0 Å². The maximum atomic E-state index is 12.0. The maximum Gasteiger partial charge on any atom is 2.00 e. The fraction of sp³-hybridized carbons (Fsp3) is 0. The molecule has 0 spiro atoms.